The largest absolute Gasteiger partial charge is 0.336 e. The highest BCUT2D eigenvalue weighted by Gasteiger charge is 2.14. The summed E-state index contributed by atoms with van der Waals surface area (Å²) in [7, 11) is 0. The highest BCUT2D eigenvalue weighted by Crippen LogP contribution is 2.37. The van der Waals surface area contributed by atoms with Crippen LogP contribution in [0.25, 0.3) is 0 Å². The summed E-state index contributed by atoms with van der Waals surface area (Å²) in [6.45, 7) is 3.07. The Bertz CT molecular complexity index is 721. The maximum Gasteiger partial charge on any atom is 0.0946 e. The summed E-state index contributed by atoms with van der Waals surface area (Å²) in [4.78, 5) is 5.37. The van der Waals surface area contributed by atoms with Gasteiger partial charge in [-0.25, -0.2) is 4.98 Å². The molecule has 0 bridgehead atoms. The van der Waals surface area contributed by atoms with Gasteiger partial charge in [-0.1, -0.05) is 42.8 Å². The smallest absolute Gasteiger partial charge is 0.0946 e. The number of rotatable bonds is 6. The van der Waals surface area contributed by atoms with Crippen LogP contribution in [0.15, 0.2) is 72.1 Å². The first-order chi connectivity index (χ1) is 11.2. The summed E-state index contributed by atoms with van der Waals surface area (Å²) in [6, 6.07) is 17.0. The van der Waals surface area contributed by atoms with E-state index in [-0.39, 0.29) is 0 Å². The molecule has 4 heteroatoms. The van der Waals surface area contributed by atoms with Crippen LogP contribution in [0.3, 0.4) is 0 Å². The molecular formula is C19H19ClN2S. The molecule has 0 saturated heterocycles. The first kappa shape index (κ1) is 16.2. The predicted octanol–water partition coefficient (Wildman–Crippen LogP) is 5.63. The molecule has 0 aliphatic heterocycles. The van der Waals surface area contributed by atoms with Crippen LogP contribution in [-0.4, -0.2) is 9.55 Å². The maximum absolute atomic E-state index is 5.99. The van der Waals surface area contributed by atoms with Crippen LogP contribution >= 0.6 is 23.4 Å². The molecule has 23 heavy (non-hydrogen) atoms. The Morgan fingerprint density at radius 3 is 2.43 bits per heavy atom. The molecule has 1 unspecified atom stereocenters. The Morgan fingerprint density at radius 1 is 1.09 bits per heavy atom. The van der Waals surface area contributed by atoms with Crippen molar-refractivity contribution >= 4 is 23.4 Å². The van der Waals surface area contributed by atoms with E-state index >= 15 is 0 Å². The van der Waals surface area contributed by atoms with Gasteiger partial charge in [-0.3, -0.25) is 0 Å². The minimum absolute atomic E-state index is 0.330. The highest BCUT2D eigenvalue weighted by atomic mass is 35.5. The molecular weight excluding hydrogens is 324 g/mol. The zero-order valence-electron chi connectivity index (χ0n) is 13.0. The van der Waals surface area contributed by atoms with Crippen molar-refractivity contribution < 1.29 is 0 Å². The molecule has 3 aromatic rings. The van der Waals surface area contributed by atoms with Crippen LogP contribution in [0.4, 0.5) is 0 Å². The number of hydrogen-bond donors (Lipinski definition) is 0. The van der Waals surface area contributed by atoms with Crippen LogP contribution in [0, 0.1) is 0 Å². The fourth-order valence-corrected chi connectivity index (χ4v) is 3.73. The Morgan fingerprint density at radius 2 is 1.83 bits per heavy atom. The summed E-state index contributed by atoms with van der Waals surface area (Å²) in [5.74, 6) is 0. The van der Waals surface area contributed by atoms with E-state index in [1.165, 1.54) is 16.0 Å². The number of benzene rings is 2. The van der Waals surface area contributed by atoms with Crippen LogP contribution < -0.4 is 0 Å². The lowest BCUT2D eigenvalue weighted by molar-refractivity contribution is 0.683. The molecule has 0 aliphatic rings. The minimum Gasteiger partial charge on any atom is -0.336 e. The van der Waals surface area contributed by atoms with Crippen LogP contribution in [0.2, 0.25) is 5.02 Å². The molecule has 0 spiro atoms. The van der Waals surface area contributed by atoms with E-state index in [0.29, 0.717) is 5.25 Å². The Hall–Kier alpha value is -1.71. The number of hydrogen-bond acceptors (Lipinski definition) is 2. The second-order valence-corrected chi connectivity index (χ2v) is 7.13. The van der Waals surface area contributed by atoms with Gasteiger partial charge in [-0.2, -0.15) is 0 Å². The first-order valence-corrected chi connectivity index (χ1v) is 8.97. The minimum atomic E-state index is 0.330. The zero-order valence-corrected chi connectivity index (χ0v) is 14.6. The average Bonchev–Trinajstić information content (AvgIpc) is 3.09. The van der Waals surface area contributed by atoms with E-state index in [1.54, 1.807) is 0 Å². The number of aryl methyl sites for hydroxylation is 1. The summed E-state index contributed by atoms with van der Waals surface area (Å²) in [5.41, 5.74) is 2.70. The topological polar surface area (TPSA) is 17.8 Å². The molecule has 1 aromatic heterocycles. The number of thioether (sulfide) groups is 1. The van der Waals surface area contributed by atoms with E-state index in [1.807, 2.05) is 42.6 Å². The van der Waals surface area contributed by atoms with E-state index < -0.39 is 0 Å². The lowest BCUT2D eigenvalue weighted by atomic mass is 10.1. The van der Waals surface area contributed by atoms with Gasteiger partial charge in [-0.15, -0.1) is 11.8 Å². The van der Waals surface area contributed by atoms with E-state index in [4.69, 9.17) is 11.6 Å². The first-order valence-electron chi connectivity index (χ1n) is 7.71. The van der Waals surface area contributed by atoms with Crippen LogP contribution in [-0.2, 0) is 13.0 Å². The Labute approximate surface area is 146 Å². The molecule has 0 aliphatic carbocycles. The van der Waals surface area contributed by atoms with Gasteiger partial charge in [0.15, 0.2) is 0 Å². The van der Waals surface area contributed by atoms with Gasteiger partial charge in [0.2, 0.25) is 0 Å². The Kier molecular flexibility index (Phi) is 5.42. The van der Waals surface area contributed by atoms with E-state index in [9.17, 15) is 0 Å². The second kappa shape index (κ2) is 7.71. The van der Waals surface area contributed by atoms with Crippen molar-refractivity contribution in [3.63, 3.8) is 0 Å². The molecule has 0 N–H and O–H groups in total. The third kappa shape index (κ3) is 4.40. The molecule has 1 atom stereocenters. The van der Waals surface area contributed by atoms with E-state index in [2.05, 4.69) is 52.9 Å². The van der Waals surface area contributed by atoms with Gasteiger partial charge < -0.3 is 4.57 Å². The standard InChI is InChI=1S/C19H19ClN2S/c1-2-15-3-5-16(6-4-15)19(13-22-12-11-21-14-22)23-18-9-7-17(20)8-10-18/h3-12,14,19H,2,13H2,1H3. The molecule has 0 saturated carbocycles. The number of imidazole rings is 1. The maximum atomic E-state index is 5.99. The van der Waals surface area contributed by atoms with Gasteiger partial charge in [0.05, 0.1) is 11.6 Å². The second-order valence-electron chi connectivity index (χ2n) is 5.42. The molecule has 3 rings (SSSR count). The Balaban J connectivity index is 1.84. The fraction of sp³-hybridized carbons (Fsp3) is 0.211. The number of nitrogens with zero attached hydrogens (tertiary/aromatic N) is 2. The molecule has 1 heterocycles. The molecule has 0 radical (unpaired) electrons. The van der Waals surface area contributed by atoms with Crippen molar-refractivity contribution in [1.29, 1.82) is 0 Å². The average molecular weight is 343 g/mol. The van der Waals surface area contributed by atoms with E-state index in [0.717, 1.165) is 18.0 Å². The van der Waals surface area contributed by atoms with Crippen molar-refractivity contribution in [2.24, 2.45) is 0 Å². The van der Waals surface area contributed by atoms with Crippen LogP contribution in [0.5, 0.6) is 0 Å². The molecule has 2 nitrogen and oxygen atoms in total. The lowest BCUT2D eigenvalue weighted by Crippen LogP contribution is -2.05. The third-order valence-corrected chi connectivity index (χ3v) is 5.29. The molecule has 2 aromatic carbocycles. The predicted molar refractivity (Wildman–Crippen MR) is 98.1 cm³/mol. The van der Waals surface area contributed by atoms with Crippen molar-refractivity contribution in [1.82, 2.24) is 9.55 Å². The van der Waals surface area contributed by atoms with Crippen molar-refractivity contribution in [3.05, 3.63) is 83.4 Å². The van der Waals surface area contributed by atoms with Gasteiger partial charge in [0.25, 0.3) is 0 Å². The monoisotopic (exact) mass is 342 g/mol. The SMILES string of the molecule is CCc1ccc(C(Cn2ccnc2)Sc2ccc(Cl)cc2)cc1. The van der Waals surface area contributed by atoms with Crippen molar-refractivity contribution in [2.75, 3.05) is 0 Å². The highest BCUT2D eigenvalue weighted by molar-refractivity contribution is 7.99. The number of halogens is 1. The molecule has 118 valence electrons. The summed E-state index contributed by atoms with van der Waals surface area (Å²) >= 11 is 7.85. The van der Waals surface area contributed by atoms with Crippen LogP contribution in [0.1, 0.15) is 23.3 Å². The van der Waals surface area contributed by atoms with Gasteiger partial charge in [0.1, 0.15) is 0 Å². The van der Waals surface area contributed by atoms with Gasteiger partial charge in [-0.05, 0) is 41.8 Å². The fourth-order valence-electron chi connectivity index (χ4n) is 2.44. The quantitative estimate of drug-likeness (QED) is 0.540. The van der Waals surface area contributed by atoms with Gasteiger partial charge >= 0.3 is 0 Å². The van der Waals surface area contributed by atoms with Gasteiger partial charge in [0, 0.05) is 28.9 Å². The normalized spacial score (nSPS) is 12.3. The molecule has 0 amide bonds. The number of aromatic nitrogens is 2. The summed E-state index contributed by atoms with van der Waals surface area (Å²) < 4.78 is 2.13. The van der Waals surface area contributed by atoms with Crippen molar-refractivity contribution in [2.45, 2.75) is 30.0 Å². The zero-order chi connectivity index (χ0) is 16.1. The van der Waals surface area contributed by atoms with Crippen molar-refractivity contribution in [3.8, 4) is 0 Å². The lowest BCUT2D eigenvalue weighted by Gasteiger charge is -2.18. The summed E-state index contributed by atoms with van der Waals surface area (Å²) in [5, 5.41) is 1.10. The molecule has 0 fully saturated rings. The third-order valence-electron chi connectivity index (χ3n) is 3.79. The summed E-state index contributed by atoms with van der Waals surface area (Å²) in [6.07, 6.45) is 6.77.